The van der Waals surface area contributed by atoms with Gasteiger partial charge in [0.1, 0.15) is 11.2 Å². The maximum atomic E-state index is 6.12. The van der Waals surface area contributed by atoms with E-state index in [0.717, 1.165) is 30.9 Å². The van der Waals surface area contributed by atoms with Crippen LogP contribution >= 0.6 is 55.4 Å². The highest BCUT2D eigenvalue weighted by molar-refractivity contribution is 9.11. The SMILES string of the molecule is Brc1cc(Br)cc(-c2ccc3c(c2)Sc2ccc(-c4ccc5c(c4)oc4ccccc45)cc2S3)c1. The van der Waals surface area contributed by atoms with Crippen LogP contribution in [0.1, 0.15) is 0 Å². The Morgan fingerprint density at radius 1 is 0.457 bits per heavy atom. The number of hydrogen-bond acceptors (Lipinski definition) is 3. The van der Waals surface area contributed by atoms with E-state index in [2.05, 4.69) is 117 Å². The van der Waals surface area contributed by atoms with Crippen molar-refractivity contribution in [3.8, 4) is 22.3 Å². The quantitative estimate of drug-likeness (QED) is 0.192. The molecule has 0 saturated heterocycles. The molecule has 168 valence electrons. The van der Waals surface area contributed by atoms with Crippen LogP contribution in [-0.2, 0) is 0 Å². The monoisotopic (exact) mass is 614 g/mol. The average molecular weight is 616 g/mol. The molecule has 0 fully saturated rings. The minimum Gasteiger partial charge on any atom is -0.456 e. The maximum absolute atomic E-state index is 6.12. The summed E-state index contributed by atoms with van der Waals surface area (Å²) in [5.41, 5.74) is 6.66. The fourth-order valence-electron chi connectivity index (χ4n) is 4.57. The summed E-state index contributed by atoms with van der Waals surface area (Å²) in [6.07, 6.45) is 0. The van der Waals surface area contributed by atoms with E-state index in [1.165, 1.54) is 41.8 Å². The molecule has 0 atom stereocenters. The van der Waals surface area contributed by atoms with E-state index in [-0.39, 0.29) is 0 Å². The predicted molar refractivity (Wildman–Crippen MR) is 155 cm³/mol. The number of hydrogen-bond donors (Lipinski definition) is 0. The van der Waals surface area contributed by atoms with E-state index >= 15 is 0 Å². The number of rotatable bonds is 2. The number of halogens is 2. The lowest BCUT2D eigenvalue weighted by atomic mass is 10.0. The van der Waals surface area contributed by atoms with Crippen molar-refractivity contribution in [2.75, 3.05) is 0 Å². The van der Waals surface area contributed by atoms with Gasteiger partial charge in [0.25, 0.3) is 0 Å². The minimum atomic E-state index is 0.931. The van der Waals surface area contributed by atoms with Crippen LogP contribution in [-0.4, -0.2) is 0 Å². The standard InChI is InChI=1S/C30H16Br2OS2/c31-21-11-20(12-22(32)16-21)19-7-10-28-30(15-19)35-27-9-6-18(14-29(27)34-28)17-5-8-24-23-3-1-2-4-25(23)33-26(24)13-17/h1-16H. The molecular weight excluding hydrogens is 600 g/mol. The molecule has 0 unspecified atom stereocenters. The van der Waals surface area contributed by atoms with Crippen LogP contribution < -0.4 is 0 Å². The molecule has 1 nitrogen and oxygen atoms in total. The van der Waals surface area contributed by atoms with Crippen molar-refractivity contribution >= 4 is 77.3 Å². The van der Waals surface area contributed by atoms with Crippen LogP contribution in [0.4, 0.5) is 0 Å². The van der Waals surface area contributed by atoms with Gasteiger partial charge in [-0.25, -0.2) is 0 Å². The van der Waals surface area contributed by atoms with E-state index in [0.29, 0.717) is 0 Å². The summed E-state index contributed by atoms with van der Waals surface area (Å²) in [5.74, 6) is 0. The molecule has 6 aromatic rings. The molecule has 0 saturated carbocycles. The third kappa shape index (κ3) is 3.95. The molecule has 0 bridgehead atoms. The largest absolute Gasteiger partial charge is 0.456 e. The normalized spacial score (nSPS) is 12.6. The van der Waals surface area contributed by atoms with Crippen LogP contribution in [0.15, 0.2) is 130 Å². The fraction of sp³-hybridized carbons (Fsp3) is 0. The zero-order valence-corrected chi connectivity index (χ0v) is 23.0. The maximum Gasteiger partial charge on any atom is 0.136 e. The zero-order chi connectivity index (χ0) is 23.5. The Bertz CT molecular complexity index is 1770. The van der Waals surface area contributed by atoms with Gasteiger partial charge >= 0.3 is 0 Å². The molecule has 0 spiro atoms. The Morgan fingerprint density at radius 2 is 1.03 bits per heavy atom. The van der Waals surface area contributed by atoms with Gasteiger partial charge in [-0.2, -0.15) is 0 Å². The second-order valence-corrected chi connectivity index (χ2v) is 12.5. The molecule has 7 rings (SSSR count). The summed E-state index contributed by atoms with van der Waals surface area (Å²) >= 11 is 10.9. The number of fused-ring (bicyclic) bond motifs is 5. The van der Waals surface area contributed by atoms with Gasteiger partial charge in [0.05, 0.1) is 0 Å². The highest BCUT2D eigenvalue weighted by atomic mass is 79.9. The fourth-order valence-corrected chi connectivity index (χ4v) is 8.13. The average Bonchev–Trinajstić information content (AvgIpc) is 3.24. The lowest BCUT2D eigenvalue weighted by molar-refractivity contribution is 0.669. The van der Waals surface area contributed by atoms with Gasteiger partial charge < -0.3 is 4.42 Å². The summed E-state index contributed by atoms with van der Waals surface area (Å²) in [4.78, 5) is 5.18. The molecule has 1 aliphatic rings. The van der Waals surface area contributed by atoms with Crippen LogP contribution in [0.2, 0.25) is 0 Å². The first-order valence-corrected chi connectivity index (χ1v) is 14.3. The van der Waals surface area contributed by atoms with Crippen molar-refractivity contribution in [2.45, 2.75) is 19.6 Å². The van der Waals surface area contributed by atoms with E-state index < -0.39 is 0 Å². The van der Waals surface area contributed by atoms with Gasteiger partial charge in [0.2, 0.25) is 0 Å². The van der Waals surface area contributed by atoms with Crippen LogP contribution in [0.3, 0.4) is 0 Å². The van der Waals surface area contributed by atoms with Gasteiger partial charge in [0.15, 0.2) is 0 Å². The number of benzene rings is 5. The lowest BCUT2D eigenvalue weighted by Gasteiger charge is -2.20. The Morgan fingerprint density at radius 3 is 1.74 bits per heavy atom. The van der Waals surface area contributed by atoms with Crippen molar-refractivity contribution < 1.29 is 4.42 Å². The van der Waals surface area contributed by atoms with Gasteiger partial charge in [-0.3, -0.25) is 0 Å². The van der Waals surface area contributed by atoms with E-state index in [1.807, 2.05) is 35.7 Å². The van der Waals surface area contributed by atoms with Crippen molar-refractivity contribution in [3.05, 3.63) is 106 Å². The Hall–Kier alpha value is -2.44. The molecule has 1 aromatic heterocycles. The molecule has 5 aromatic carbocycles. The highest BCUT2D eigenvalue weighted by Gasteiger charge is 2.19. The summed E-state index contributed by atoms with van der Waals surface area (Å²) in [6, 6.07) is 34.7. The van der Waals surface area contributed by atoms with Gasteiger partial charge in [-0.05, 0) is 82.9 Å². The van der Waals surface area contributed by atoms with Gasteiger partial charge in [-0.1, -0.05) is 91.8 Å². The zero-order valence-electron chi connectivity index (χ0n) is 18.2. The molecule has 0 radical (unpaired) electrons. The van der Waals surface area contributed by atoms with Gasteiger partial charge in [0, 0.05) is 39.3 Å². The van der Waals surface area contributed by atoms with Crippen LogP contribution in [0.5, 0.6) is 0 Å². The van der Waals surface area contributed by atoms with Crippen molar-refractivity contribution in [2.24, 2.45) is 0 Å². The van der Waals surface area contributed by atoms with E-state index in [4.69, 9.17) is 4.42 Å². The summed E-state index contributed by atoms with van der Waals surface area (Å²) in [5, 5.41) is 2.33. The van der Waals surface area contributed by atoms with Crippen molar-refractivity contribution in [3.63, 3.8) is 0 Å². The Labute approximate surface area is 228 Å². The predicted octanol–water partition coefficient (Wildman–Crippen LogP) is 11.1. The first-order chi connectivity index (χ1) is 17.1. The Kier molecular flexibility index (Phi) is 5.36. The first kappa shape index (κ1) is 21.8. The topological polar surface area (TPSA) is 13.1 Å². The third-order valence-electron chi connectivity index (χ3n) is 6.24. The summed E-state index contributed by atoms with van der Waals surface area (Å²) in [6.45, 7) is 0. The van der Waals surface area contributed by atoms with Crippen LogP contribution in [0.25, 0.3) is 44.2 Å². The summed E-state index contributed by atoms with van der Waals surface area (Å²) < 4.78 is 8.26. The summed E-state index contributed by atoms with van der Waals surface area (Å²) in [7, 11) is 0. The molecule has 0 aliphatic carbocycles. The first-order valence-electron chi connectivity index (χ1n) is 11.1. The Balaban J connectivity index is 1.23. The molecular formula is C30H16Br2OS2. The molecule has 2 heterocycles. The van der Waals surface area contributed by atoms with Crippen molar-refractivity contribution in [1.82, 2.24) is 0 Å². The molecule has 35 heavy (non-hydrogen) atoms. The van der Waals surface area contributed by atoms with Gasteiger partial charge in [-0.15, -0.1) is 0 Å². The smallest absolute Gasteiger partial charge is 0.136 e. The molecule has 5 heteroatoms. The number of para-hydroxylation sites is 1. The third-order valence-corrected chi connectivity index (χ3v) is 9.68. The number of furan rings is 1. The molecule has 0 N–H and O–H groups in total. The minimum absolute atomic E-state index is 0.931. The van der Waals surface area contributed by atoms with E-state index in [1.54, 1.807) is 0 Å². The molecule has 1 aliphatic heterocycles. The second-order valence-electron chi connectivity index (χ2n) is 8.49. The van der Waals surface area contributed by atoms with E-state index in [9.17, 15) is 0 Å². The second kappa shape index (κ2) is 8.59. The molecule has 0 amide bonds. The van der Waals surface area contributed by atoms with Crippen molar-refractivity contribution in [1.29, 1.82) is 0 Å². The lowest BCUT2D eigenvalue weighted by Crippen LogP contribution is -1.91. The highest BCUT2D eigenvalue weighted by Crippen LogP contribution is 2.50. The van der Waals surface area contributed by atoms with Crippen LogP contribution in [0, 0.1) is 0 Å².